The molecule has 0 amide bonds. The van der Waals surface area contributed by atoms with E-state index in [9.17, 15) is 0 Å². The minimum atomic E-state index is 0.282. The van der Waals surface area contributed by atoms with E-state index in [4.69, 9.17) is 28.4 Å². The molecule has 96 valence electrons. The van der Waals surface area contributed by atoms with Crippen molar-refractivity contribution in [3.8, 4) is 0 Å². The normalized spacial score (nSPS) is 11.5. The quantitative estimate of drug-likeness (QED) is 0.359. The number of hydrogen-bond acceptors (Lipinski definition) is 4. The van der Waals surface area contributed by atoms with Crippen molar-refractivity contribution in [1.82, 2.24) is 0 Å². The molecule has 6 heteroatoms. The van der Waals surface area contributed by atoms with Gasteiger partial charge in [0.2, 0.25) is 0 Å². The Morgan fingerprint density at radius 3 is 2.37 bits per heavy atom. The van der Waals surface area contributed by atoms with Gasteiger partial charge >= 0.3 is 0 Å². The zero-order valence-corrected chi connectivity index (χ0v) is 11.2. The number of nitrogens with zero attached hydrogens (tertiary/aromatic N) is 3. The van der Waals surface area contributed by atoms with E-state index in [1.54, 1.807) is 12.1 Å². The van der Waals surface area contributed by atoms with Crippen molar-refractivity contribution in [2.45, 2.75) is 0 Å². The molecular weight excluding hydrogens is 285 g/mol. The number of oxime groups is 1. The van der Waals surface area contributed by atoms with Crippen LogP contribution in [0, 0.1) is 0 Å². The largest absolute Gasteiger partial charge is 0.411 e. The first-order valence-corrected chi connectivity index (χ1v) is 6.10. The Kier molecular flexibility index (Phi) is 4.49. The zero-order valence-electron chi connectivity index (χ0n) is 9.66. The third-order valence-corrected chi connectivity index (χ3v) is 3.05. The second-order valence-electron chi connectivity index (χ2n) is 3.57. The highest BCUT2D eigenvalue weighted by atomic mass is 35.5. The minimum Gasteiger partial charge on any atom is -0.411 e. The summed E-state index contributed by atoms with van der Waals surface area (Å²) >= 11 is 12.1. The highest BCUT2D eigenvalue weighted by molar-refractivity contribution is 6.40. The van der Waals surface area contributed by atoms with Crippen LogP contribution in [0.25, 0.3) is 0 Å². The second kappa shape index (κ2) is 6.31. The van der Waals surface area contributed by atoms with Crippen LogP contribution >= 0.6 is 23.2 Å². The molecule has 4 nitrogen and oxygen atoms in total. The molecule has 1 N–H and O–H groups in total. The van der Waals surface area contributed by atoms with Gasteiger partial charge in [0.15, 0.2) is 0 Å². The summed E-state index contributed by atoms with van der Waals surface area (Å²) in [4.78, 5) is 0. The van der Waals surface area contributed by atoms with Crippen LogP contribution in [0.15, 0.2) is 57.8 Å². The molecule has 2 rings (SSSR count). The predicted molar refractivity (Wildman–Crippen MR) is 76.5 cm³/mol. The Hall–Kier alpha value is -1.91. The minimum absolute atomic E-state index is 0.282. The van der Waals surface area contributed by atoms with E-state index in [0.29, 0.717) is 22.0 Å². The highest BCUT2D eigenvalue weighted by Crippen LogP contribution is 2.33. The van der Waals surface area contributed by atoms with Crippen molar-refractivity contribution < 1.29 is 5.21 Å². The molecular formula is C13H9Cl2N3O. The van der Waals surface area contributed by atoms with Gasteiger partial charge in [0.05, 0.1) is 21.9 Å². The molecule has 0 bridgehead atoms. The monoisotopic (exact) mass is 293 g/mol. The fraction of sp³-hybridized carbons (Fsp3) is 0. The molecule has 0 spiro atoms. The van der Waals surface area contributed by atoms with E-state index in [1.807, 2.05) is 30.3 Å². The highest BCUT2D eigenvalue weighted by Gasteiger charge is 2.08. The van der Waals surface area contributed by atoms with E-state index in [-0.39, 0.29) is 5.02 Å². The fourth-order valence-electron chi connectivity index (χ4n) is 1.42. The Balaban J connectivity index is 2.36. The zero-order chi connectivity index (χ0) is 13.7. The Morgan fingerprint density at radius 1 is 0.947 bits per heavy atom. The van der Waals surface area contributed by atoms with Crippen molar-refractivity contribution in [1.29, 1.82) is 0 Å². The first-order chi connectivity index (χ1) is 9.22. The summed E-state index contributed by atoms with van der Waals surface area (Å²) < 4.78 is 0. The van der Waals surface area contributed by atoms with Gasteiger partial charge in [-0.05, 0) is 24.3 Å². The van der Waals surface area contributed by atoms with Crippen LogP contribution in [0.3, 0.4) is 0 Å². The molecule has 0 saturated heterocycles. The van der Waals surface area contributed by atoms with Gasteiger partial charge in [-0.1, -0.05) is 46.6 Å². The summed E-state index contributed by atoms with van der Waals surface area (Å²) in [6, 6.07) is 12.5. The summed E-state index contributed by atoms with van der Waals surface area (Å²) in [6.45, 7) is 0. The summed E-state index contributed by atoms with van der Waals surface area (Å²) in [7, 11) is 0. The maximum absolute atomic E-state index is 8.57. The molecule has 0 unspecified atom stereocenters. The average molecular weight is 294 g/mol. The van der Waals surface area contributed by atoms with Gasteiger partial charge in [-0.2, -0.15) is 5.11 Å². The molecule has 0 radical (unpaired) electrons. The first kappa shape index (κ1) is 13.5. The van der Waals surface area contributed by atoms with Crippen molar-refractivity contribution in [2.24, 2.45) is 15.4 Å². The predicted octanol–water partition coefficient (Wildman–Crippen LogP) is 5.22. The topological polar surface area (TPSA) is 57.3 Å². The van der Waals surface area contributed by atoms with E-state index >= 15 is 0 Å². The van der Waals surface area contributed by atoms with Crippen LogP contribution in [0.2, 0.25) is 10.0 Å². The first-order valence-electron chi connectivity index (χ1n) is 5.34. The van der Waals surface area contributed by atoms with Crippen LogP contribution in [0.4, 0.5) is 11.4 Å². The number of benzene rings is 2. The molecule has 0 fully saturated rings. The van der Waals surface area contributed by atoms with Crippen LogP contribution in [0.1, 0.15) is 5.56 Å². The summed E-state index contributed by atoms with van der Waals surface area (Å²) in [6.07, 6.45) is 1.16. The lowest BCUT2D eigenvalue weighted by Gasteiger charge is -2.03. The van der Waals surface area contributed by atoms with Crippen LogP contribution < -0.4 is 0 Å². The molecule has 0 atom stereocenters. The van der Waals surface area contributed by atoms with Crippen molar-refractivity contribution >= 4 is 40.8 Å². The van der Waals surface area contributed by atoms with Gasteiger partial charge < -0.3 is 5.21 Å². The number of hydrogen-bond donors (Lipinski definition) is 1. The standard InChI is InChI=1S/C13H9Cl2N3O/c14-11-6-7-12(13(15)10(11)8-16-19)18-17-9-4-2-1-3-5-9/h1-8,19H. The fourth-order valence-corrected chi connectivity index (χ4v) is 1.92. The van der Waals surface area contributed by atoms with E-state index in [2.05, 4.69) is 15.4 Å². The van der Waals surface area contributed by atoms with E-state index < -0.39 is 0 Å². The van der Waals surface area contributed by atoms with Gasteiger partial charge in [-0.3, -0.25) is 0 Å². The Bertz CT molecular complexity index is 627. The third-order valence-electron chi connectivity index (χ3n) is 2.32. The maximum atomic E-state index is 8.57. The number of halogens is 2. The smallest absolute Gasteiger partial charge is 0.105 e. The second-order valence-corrected chi connectivity index (χ2v) is 4.36. The van der Waals surface area contributed by atoms with Gasteiger partial charge in [-0.25, -0.2) is 0 Å². The molecule has 0 aliphatic heterocycles. The lowest BCUT2D eigenvalue weighted by molar-refractivity contribution is 0.322. The van der Waals surface area contributed by atoms with Crippen molar-refractivity contribution in [2.75, 3.05) is 0 Å². The molecule has 2 aromatic carbocycles. The van der Waals surface area contributed by atoms with Gasteiger partial charge in [-0.15, -0.1) is 5.11 Å². The van der Waals surface area contributed by atoms with Crippen LogP contribution in [-0.2, 0) is 0 Å². The van der Waals surface area contributed by atoms with Gasteiger partial charge in [0, 0.05) is 5.56 Å². The summed E-state index contributed by atoms with van der Waals surface area (Å²) in [5.74, 6) is 0. The van der Waals surface area contributed by atoms with Gasteiger partial charge in [0.1, 0.15) is 5.69 Å². The molecule has 19 heavy (non-hydrogen) atoms. The third kappa shape index (κ3) is 3.30. The molecule has 0 saturated carbocycles. The van der Waals surface area contributed by atoms with Gasteiger partial charge in [0.25, 0.3) is 0 Å². The number of rotatable bonds is 3. The Morgan fingerprint density at radius 2 is 1.68 bits per heavy atom. The van der Waals surface area contributed by atoms with E-state index in [1.165, 1.54) is 0 Å². The lowest BCUT2D eigenvalue weighted by atomic mass is 10.2. The lowest BCUT2D eigenvalue weighted by Crippen LogP contribution is -1.85. The summed E-state index contributed by atoms with van der Waals surface area (Å²) in [5.41, 5.74) is 1.56. The van der Waals surface area contributed by atoms with Crippen LogP contribution in [0.5, 0.6) is 0 Å². The maximum Gasteiger partial charge on any atom is 0.105 e. The molecule has 0 aromatic heterocycles. The van der Waals surface area contributed by atoms with E-state index in [0.717, 1.165) is 6.21 Å². The molecule has 2 aromatic rings. The SMILES string of the molecule is ON=Cc1c(Cl)ccc(N=Nc2ccccc2)c1Cl. The Labute approximate surface area is 120 Å². The van der Waals surface area contributed by atoms with Crippen molar-refractivity contribution in [3.05, 3.63) is 58.1 Å². The van der Waals surface area contributed by atoms with Crippen LogP contribution in [-0.4, -0.2) is 11.4 Å². The molecule has 0 heterocycles. The number of azo groups is 1. The average Bonchev–Trinajstić information content (AvgIpc) is 2.44. The molecule has 0 aliphatic carbocycles. The van der Waals surface area contributed by atoms with Crippen molar-refractivity contribution in [3.63, 3.8) is 0 Å². The molecule has 0 aliphatic rings. The summed E-state index contributed by atoms with van der Waals surface area (Å²) in [5, 5.41) is 20.3.